The number of β-amino-alcohol motifs (C(OH)–C–C–N with tert-alkyl or cyclic N) is 1. The van der Waals surface area contributed by atoms with E-state index in [1.54, 1.807) is 28.6 Å². The number of alkyl halides is 3. The number of thiazole rings is 1. The maximum absolute atomic E-state index is 14.3. The number of likely N-dealkylation sites (tertiary alicyclic amines) is 1. The summed E-state index contributed by atoms with van der Waals surface area (Å²) in [7, 11) is 1.30. The van der Waals surface area contributed by atoms with Crippen LogP contribution >= 0.6 is 23.1 Å². The van der Waals surface area contributed by atoms with Gasteiger partial charge < -0.3 is 53.4 Å². The zero-order valence-electron chi connectivity index (χ0n) is 46.8. The topological polar surface area (TPSA) is 229 Å². The number of carbonyl (C=O) groups is 5. The third kappa shape index (κ3) is 15.9. The predicted octanol–water partition coefficient (Wildman–Crippen LogP) is 9.03. The Morgan fingerprint density at radius 1 is 0.857 bits per heavy atom. The first kappa shape index (κ1) is 62.7. The Labute approximate surface area is 492 Å². The number of aliphatic hydroxyl groups is 1. The first-order valence-corrected chi connectivity index (χ1v) is 29.0. The minimum absolute atomic E-state index is 0.0173. The Morgan fingerprint density at radius 3 is 2.24 bits per heavy atom. The van der Waals surface area contributed by atoms with Crippen LogP contribution in [-0.4, -0.2) is 152 Å². The average Bonchev–Trinajstić information content (AvgIpc) is 4.06. The number of hydrogen-bond donors (Lipinski definition) is 2. The van der Waals surface area contributed by atoms with E-state index in [4.69, 9.17) is 38.4 Å². The number of fused-ring (bicyclic) bond motifs is 1. The predicted molar refractivity (Wildman–Crippen MR) is 305 cm³/mol. The Balaban J connectivity index is 0.695. The second-order valence-electron chi connectivity index (χ2n) is 20.2. The number of unbranched alkanes of at least 4 members (excludes halogenated alkanes) is 1. The van der Waals surface area contributed by atoms with E-state index in [1.165, 1.54) is 53.7 Å². The zero-order chi connectivity index (χ0) is 59.9. The van der Waals surface area contributed by atoms with Gasteiger partial charge in [-0.05, 0) is 103 Å². The fourth-order valence-corrected chi connectivity index (χ4v) is 11.4. The number of benzene rings is 4. The van der Waals surface area contributed by atoms with E-state index in [1.807, 2.05) is 51.1 Å². The molecular weight excluding hydrogens is 1130 g/mol. The Kier molecular flexibility index (Phi) is 22.0. The Bertz CT molecular complexity index is 3240. The van der Waals surface area contributed by atoms with Crippen molar-refractivity contribution in [3.8, 4) is 39.5 Å². The highest BCUT2D eigenvalue weighted by molar-refractivity contribution is 8.18. The molecule has 0 saturated carbocycles. The molecule has 4 heterocycles. The Hall–Kier alpha value is -7.37. The molecule has 19 nitrogen and oxygen atoms in total. The Morgan fingerprint density at radius 2 is 1.56 bits per heavy atom. The van der Waals surface area contributed by atoms with Crippen molar-refractivity contribution in [2.45, 2.75) is 77.5 Å². The van der Waals surface area contributed by atoms with Crippen LogP contribution in [0.5, 0.6) is 23.0 Å². The standard InChI is InChI=1S/C60H65F3N6O13S2/c1-37(2)53(69-34-43-9-5-6-10-45(43)56(69)72)58(74)68-35-44(70)31-47(68)55(71)65-33-42-14-13-41(54-38(3)66-36-83-54)30-50(42)81-26-25-80-24-22-78-19-8-7-18-77-21-23-79-20-17-67-57(73)52(84-59(67)75)29-39-11-16-49(51(28-39)76-4)82-48-15-12-40(32-64)27-46(48)60(61,62)63/h5-6,9-16,27-30,36-37,44,47,53,70H,7-8,17-26,31,33-35H2,1-4H3,(H,65,71)/b52-29-/t44-,47+,53+/m1/s1. The number of nitrogens with one attached hydrogen (secondary N) is 1. The molecule has 0 aliphatic carbocycles. The molecule has 5 amide bonds. The van der Waals surface area contributed by atoms with Crippen LogP contribution in [0.15, 0.2) is 89.3 Å². The second kappa shape index (κ2) is 29.4. The minimum Gasteiger partial charge on any atom is -0.493 e. The summed E-state index contributed by atoms with van der Waals surface area (Å²) in [6.45, 7) is 8.85. The number of nitrogens with zero attached hydrogens (tertiary/aromatic N) is 5. The normalized spacial score (nSPS) is 16.9. The molecule has 1 aromatic heterocycles. The lowest BCUT2D eigenvalue weighted by atomic mass is 10.0. The molecule has 446 valence electrons. The highest BCUT2D eigenvalue weighted by atomic mass is 32.2. The van der Waals surface area contributed by atoms with Crippen LogP contribution in [-0.2, 0) is 52.6 Å². The fraction of sp³-hybridized carbons (Fsp3) is 0.417. The van der Waals surface area contributed by atoms with Gasteiger partial charge in [-0.2, -0.15) is 18.4 Å². The quantitative estimate of drug-likeness (QED) is 0.0336. The fourth-order valence-electron chi connectivity index (χ4n) is 9.76. The summed E-state index contributed by atoms with van der Waals surface area (Å²) in [5, 5.41) is 22.3. The third-order valence-corrected chi connectivity index (χ3v) is 15.9. The van der Waals surface area contributed by atoms with Gasteiger partial charge in [-0.1, -0.05) is 50.2 Å². The number of aryl methyl sites for hydroxylation is 1. The third-order valence-electron chi connectivity index (χ3n) is 14.0. The van der Waals surface area contributed by atoms with Gasteiger partial charge >= 0.3 is 6.18 Å². The monoisotopic (exact) mass is 1200 g/mol. The van der Waals surface area contributed by atoms with E-state index in [9.17, 15) is 42.3 Å². The second-order valence-corrected chi connectivity index (χ2v) is 22.0. The van der Waals surface area contributed by atoms with Crippen molar-refractivity contribution in [1.82, 2.24) is 25.0 Å². The van der Waals surface area contributed by atoms with Gasteiger partial charge in [0.1, 0.15) is 30.2 Å². The number of nitriles is 1. The largest absolute Gasteiger partial charge is 0.493 e. The van der Waals surface area contributed by atoms with Crippen molar-refractivity contribution < 1.29 is 75.4 Å². The number of methoxy groups -OCH3 is 1. The van der Waals surface area contributed by atoms with Crippen molar-refractivity contribution in [1.29, 1.82) is 5.26 Å². The van der Waals surface area contributed by atoms with Crippen molar-refractivity contribution in [2.75, 3.05) is 79.7 Å². The number of amides is 5. The van der Waals surface area contributed by atoms with E-state index in [0.717, 1.165) is 57.3 Å². The molecule has 0 unspecified atom stereocenters. The lowest BCUT2D eigenvalue weighted by Crippen LogP contribution is -2.55. The van der Waals surface area contributed by atoms with Gasteiger partial charge in [-0.25, -0.2) is 4.98 Å². The molecule has 2 fully saturated rings. The van der Waals surface area contributed by atoms with Crippen LogP contribution in [0.2, 0.25) is 0 Å². The zero-order valence-corrected chi connectivity index (χ0v) is 48.4. The van der Waals surface area contributed by atoms with Crippen LogP contribution in [0.4, 0.5) is 18.0 Å². The summed E-state index contributed by atoms with van der Waals surface area (Å²) in [5.41, 5.74) is 4.77. The maximum Gasteiger partial charge on any atom is 0.420 e. The summed E-state index contributed by atoms with van der Waals surface area (Å²) in [6, 6.07) is 20.2. The van der Waals surface area contributed by atoms with Crippen molar-refractivity contribution in [3.05, 3.63) is 128 Å². The number of rotatable bonds is 29. The summed E-state index contributed by atoms with van der Waals surface area (Å²) in [5.74, 6) is -1.75. The van der Waals surface area contributed by atoms with Gasteiger partial charge in [0.15, 0.2) is 11.5 Å². The van der Waals surface area contributed by atoms with Crippen molar-refractivity contribution in [3.63, 3.8) is 0 Å². The summed E-state index contributed by atoms with van der Waals surface area (Å²) < 4.78 is 81.1. The summed E-state index contributed by atoms with van der Waals surface area (Å²) in [4.78, 5) is 77.0. The molecule has 2 saturated heterocycles. The van der Waals surface area contributed by atoms with Gasteiger partial charge in [0.2, 0.25) is 11.8 Å². The number of aromatic nitrogens is 1. The lowest BCUT2D eigenvalue weighted by molar-refractivity contribution is -0.143. The van der Waals surface area contributed by atoms with Gasteiger partial charge in [0.05, 0.1) is 97.6 Å². The van der Waals surface area contributed by atoms with Gasteiger partial charge in [0.25, 0.3) is 17.1 Å². The molecule has 3 aliphatic rings. The molecule has 5 aromatic rings. The van der Waals surface area contributed by atoms with Crippen molar-refractivity contribution >= 4 is 58.0 Å². The molecule has 0 bridgehead atoms. The molecule has 0 spiro atoms. The maximum atomic E-state index is 14.3. The highest BCUT2D eigenvalue weighted by Gasteiger charge is 2.46. The average molecular weight is 1200 g/mol. The number of thioether (sulfide) groups is 1. The SMILES string of the molecule is COc1cc(/C=C2\SC(=O)N(CCOCCOCCCCOCCOCCOc3cc(-c4scnc4C)ccc3CNC(=O)[C@@H]3C[C@@H](O)CN3C(=O)[C@H](C(C)C)N3Cc4ccccc4C3=O)C2=O)ccc1Oc1ccc(C#N)cc1C(F)(F)F. The van der Waals surface area contributed by atoms with Gasteiger partial charge in [-0.3, -0.25) is 28.9 Å². The number of carbonyl (C=O) groups excluding carboxylic acids is 5. The number of aliphatic hydroxyl groups excluding tert-OH is 1. The van der Waals surface area contributed by atoms with E-state index in [-0.39, 0.29) is 98.7 Å². The van der Waals surface area contributed by atoms with Gasteiger partial charge in [0, 0.05) is 50.4 Å². The van der Waals surface area contributed by atoms with Gasteiger partial charge in [-0.15, -0.1) is 11.3 Å². The molecule has 0 radical (unpaired) electrons. The van der Waals surface area contributed by atoms with E-state index >= 15 is 0 Å². The molecular formula is C60H65F3N6O13S2. The summed E-state index contributed by atoms with van der Waals surface area (Å²) >= 11 is 2.25. The molecule has 2 N–H and O–H groups in total. The summed E-state index contributed by atoms with van der Waals surface area (Å²) in [6.07, 6.45) is -2.66. The molecule has 84 heavy (non-hydrogen) atoms. The number of halogens is 3. The van der Waals surface area contributed by atoms with Crippen LogP contribution in [0.3, 0.4) is 0 Å². The number of ether oxygens (including phenoxy) is 7. The number of hydrogen-bond acceptors (Lipinski definition) is 17. The minimum atomic E-state index is -4.79. The molecule has 3 aliphatic heterocycles. The van der Waals surface area contributed by atoms with Crippen LogP contribution in [0.1, 0.15) is 77.0 Å². The van der Waals surface area contributed by atoms with E-state index in [2.05, 4.69) is 10.3 Å². The lowest BCUT2D eigenvalue weighted by Gasteiger charge is -2.35. The van der Waals surface area contributed by atoms with Crippen molar-refractivity contribution in [2.24, 2.45) is 5.92 Å². The van der Waals surface area contributed by atoms with E-state index < -0.39 is 52.7 Å². The van der Waals surface area contributed by atoms with Crippen LogP contribution < -0.4 is 19.5 Å². The van der Waals surface area contributed by atoms with Crippen LogP contribution in [0.25, 0.3) is 16.5 Å². The van der Waals surface area contributed by atoms with Crippen LogP contribution in [0, 0.1) is 24.2 Å². The highest BCUT2D eigenvalue weighted by Crippen LogP contribution is 2.42. The first-order chi connectivity index (χ1) is 40.4. The smallest absolute Gasteiger partial charge is 0.420 e. The number of imide groups is 1. The van der Waals surface area contributed by atoms with E-state index in [0.29, 0.717) is 61.5 Å². The molecule has 24 heteroatoms. The molecule has 3 atom stereocenters. The molecule has 4 aromatic carbocycles. The first-order valence-electron chi connectivity index (χ1n) is 27.3. The molecule has 8 rings (SSSR count).